The van der Waals surface area contributed by atoms with Crippen LogP contribution in [0.1, 0.15) is 15.9 Å². The summed E-state index contributed by atoms with van der Waals surface area (Å²) in [6.07, 6.45) is 0. The zero-order valence-corrected chi connectivity index (χ0v) is 17.2. The topological polar surface area (TPSA) is 87.5 Å². The predicted molar refractivity (Wildman–Crippen MR) is 112 cm³/mol. The lowest BCUT2D eigenvalue weighted by Crippen LogP contribution is -2.43. The van der Waals surface area contributed by atoms with Crippen molar-refractivity contribution < 1.29 is 9.72 Å². The van der Waals surface area contributed by atoms with Crippen LogP contribution in [0.4, 0.5) is 17.1 Å². The van der Waals surface area contributed by atoms with E-state index in [9.17, 15) is 14.9 Å². The maximum Gasteiger partial charge on any atom is 0.293 e. The largest absolute Gasteiger partial charge is 0.363 e. The highest BCUT2D eigenvalue weighted by Crippen LogP contribution is 2.35. The van der Waals surface area contributed by atoms with Crippen molar-refractivity contribution >= 4 is 57.8 Å². The third-order valence-corrected chi connectivity index (χ3v) is 5.51. The molecule has 0 bridgehead atoms. The molecule has 0 aliphatic carbocycles. The molecule has 7 nitrogen and oxygen atoms in total. The minimum Gasteiger partial charge on any atom is -0.363 e. The monoisotopic (exact) mass is 442 g/mol. The SMILES string of the molecule is Cc1cc(Cl)c(Cl)cc1NC(=O)c1cc([N+](=O)[O-])c(N2CCNCC2)cc1Cl. The number of nitro benzene ring substituents is 1. The van der Waals surface area contributed by atoms with Crippen molar-refractivity contribution in [3.05, 3.63) is 60.6 Å². The maximum absolute atomic E-state index is 12.7. The fourth-order valence-corrected chi connectivity index (χ4v) is 3.63. The second-order valence-electron chi connectivity index (χ2n) is 6.35. The van der Waals surface area contributed by atoms with Crippen LogP contribution in [0.15, 0.2) is 24.3 Å². The molecule has 2 N–H and O–H groups in total. The molecule has 1 aliphatic rings. The first-order valence-electron chi connectivity index (χ1n) is 8.48. The molecule has 0 unspecified atom stereocenters. The number of benzene rings is 2. The number of amides is 1. The van der Waals surface area contributed by atoms with Crippen LogP contribution in [-0.2, 0) is 0 Å². The molecule has 0 radical (unpaired) electrons. The zero-order valence-electron chi connectivity index (χ0n) is 14.9. The van der Waals surface area contributed by atoms with Gasteiger partial charge in [-0.25, -0.2) is 0 Å². The second-order valence-corrected chi connectivity index (χ2v) is 7.57. The summed E-state index contributed by atoms with van der Waals surface area (Å²) in [6.45, 7) is 4.42. The normalized spacial score (nSPS) is 14.1. The molecule has 0 saturated carbocycles. The van der Waals surface area contributed by atoms with Gasteiger partial charge in [-0.15, -0.1) is 0 Å². The molecule has 0 spiro atoms. The third kappa shape index (κ3) is 4.33. The molecule has 1 saturated heterocycles. The van der Waals surface area contributed by atoms with Gasteiger partial charge in [0.25, 0.3) is 11.6 Å². The van der Waals surface area contributed by atoms with E-state index in [4.69, 9.17) is 34.8 Å². The van der Waals surface area contributed by atoms with Crippen LogP contribution in [0.5, 0.6) is 0 Å². The van der Waals surface area contributed by atoms with Crippen molar-refractivity contribution in [1.82, 2.24) is 5.32 Å². The van der Waals surface area contributed by atoms with Crippen LogP contribution < -0.4 is 15.5 Å². The van der Waals surface area contributed by atoms with Crippen molar-refractivity contribution in [2.45, 2.75) is 6.92 Å². The maximum atomic E-state index is 12.7. The third-order valence-electron chi connectivity index (χ3n) is 4.48. The van der Waals surface area contributed by atoms with E-state index in [1.165, 1.54) is 18.2 Å². The summed E-state index contributed by atoms with van der Waals surface area (Å²) in [5.41, 5.74) is 1.40. The Morgan fingerprint density at radius 1 is 1.11 bits per heavy atom. The average Bonchev–Trinajstić information content (AvgIpc) is 2.66. The summed E-state index contributed by atoms with van der Waals surface area (Å²) in [4.78, 5) is 25.7. The fourth-order valence-electron chi connectivity index (χ4n) is 3.00. The Kier molecular flexibility index (Phi) is 6.30. The van der Waals surface area contributed by atoms with Gasteiger partial charge in [-0.3, -0.25) is 14.9 Å². The molecule has 1 fully saturated rings. The highest BCUT2D eigenvalue weighted by Gasteiger charge is 2.26. The van der Waals surface area contributed by atoms with E-state index in [2.05, 4.69) is 10.6 Å². The van der Waals surface area contributed by atoms with Gasteiger partial charge in [0.05, 0.1) is 25.6 Å². The number of carbonyl (C=O) groups is 1. The molecule has 2 aromatic carbocycles. The van der Waals surface area contributed by atoms with Crippen molar-refractivity contribution in [3.63, 3.8) is 0 Å². The first-order chi connectivity index (χ1) is 13.3. The van der Waals surface area contributed by atoms with E-state index in [0.29, 0.717) is 48.1 Å². The molecular formula is C18H17Cl3N4O3. The molecule has 1 heterocycles. The minimum absolute atomic E-state index is 0.0118. The lowest BCUT2D eigenvalue weighted by atomic mass is 10.1. The van der Waals surface area contributed by atoms with E-state index >= 15 is 0 Å². The number of rotatable bonds is 4. The Morgan fingerprint density at radius 3 is 2.39 bits per heavy atom. The Bertz CT molecular complexity index is 946. The number of aryl methyl sites for hydroxylation is 1. The van der Waals surface area contributed by atoms with Gasteiger partial charge in [-0.2, -0.15) is 0 Å². The summed E-state index contributed by atoms with van der Waals surface area (Å²) >= 11 is 18.3. The lowest BCUT2D eigenvalue weighted by Gasteiger charge is -2.29. The lowest BCUT2D eigenvalue weighted by molar-refractivity contribution is -0.384. The molecule has 28 heavy (non-hydrogen) atoms. The number of halogens is 3. The number of nitro groups is 1. The number of nitrogens with zero attached hydrogens (tertiary/aromatic N) is 2. The highest BCUT2D eigenvalue weighted by atomic mass is 35.5. The second kappa shape index (κ2) is 8.53. The van der Waals surface area contributed by atoms with Crippen LogP contribution >= 0.6 is 34.8 Å². The van der Waals surface area contributed by atoms with Gasteiger partial charge in [0.15, 0.2) is 0 Å². The molecule has 0 atom stereocenters. The van der Waals surface area contributed by atoms with Gasteiger partial charge >= 0.3 is 0 Å². The Morgan fingerprint density at radius 2 is 1.75 bits per heavy atom. The van der Waals surface area contributed by atoms with Crippen molar-refractivity contribution in [2.75, 3.05) is 36.4 Å². The molecular weight excluding hydrogens is 427 g/mol. The van der Waals surface area contributed by atoms with Gasteiger partial charge < -0.3 is 15.5 Å². The number of nitrogens with one attached hydrogen (secondary N) is 2. The fraction of sp³-hybridized carbons (Fsp3) is 0.278. The molecule has 1 amide bonds. The van der Waals surface area contributed by atoms with E-state index < -0.39 is 10.8 Å². The molecule has 2 aromatic rings. The Labute approximate surface area is 176 Å². The van der Waals surface area contributed by atoms with Crippen molar-refractivity contribution in [2.24, 2.45) is 0 Å². The average molecular weight is 444 g/mol. The predicted octanol–water partition coefficient (Wildman–Crippen LogP) is 4.53. The van der Waals surface area contributed by atoms with Crippen LogP contribution in [-0.4, -0.2) is 37.0 Å². The van der Waals surface area contributed by atoms with Gasteiger partial charge in [-0.1, -0.05) is 34.8 Å². The Hall–Kier alpha value is -2.06. The van der Waals surface area contributed by atoms with Crippen LogP contribution in [0.25, 0.3) is 0 Å². The van der Waals surface area contributed by atoms with Crippen molar-refractivity contribution in [1.29, 1.82) is 0 Å². The molecule has 10 heteroatoms. The van der Waals surface area contributed by atoms with E-state index in [1.54, 1.807) is 13.0 Å². The molecule has 0 aromatic heterocycles. The number of piperazine rings is 1. The molecule has 1 aliphatic heterocycles. The van der Waals surface area contributed by atoms with E-state index in [1.807, 2.05) is 4.90 Å². The summed E-state index contributed by atoms with van der Waals surface area (Å²) in [6, 6.07) is 5.83. The number of hydrogen-bond donors (Lipinski definition) is 2. The van der Waals surface area contributed by atoms with Crippen LogP contribution in [0.2, 0.25) is 15.1 Å². The summed E-state index contributed by atoms with van der Waals surface area (Å²) in [7, 11) is 0. The summed E-state index contributed by atoms with van der Waals surface area (Å²) in [5.74, 6) is -0.568. The van der Waals surface area contributed by atoms with Gasteiger partial charge in [0.1, 0.15) is 5.69 Å². The van der Waals surface area contributed by atoms with Gasteiger partial charge in [0.2, 0.25) is 0 Å². The first kappa shape index (κ1) is 20.7. The highest BCUT2D eigenvalue weighted by molar-refractivity contribution is 6.42. The first-order valence-corrected chi connectivity index (χ1v) is 9.62. The Balaban J connectivity index is 1.95. The quantitative estimate of drug-likeness (QED) is 0.535. The number of carbonyl (C=O) groups excluding carboxylic acids is 1. The smallest absolute Gasteiger partial charge is 0.293 e. The molecule has 3 rings (SSSR count). The number of hydrogen-bond acceptors (Lipinski definition) is 5. The zero-order chi connectivity index (χ0) is 20.4. The summed E-state index contributed by atoms with van der Waals surface area (Å²) in [5, 5.41) is 18.3. The van der Waals surface area contributed by atoms with Crippen LogP contribution in [0, 0.1) is 17.0 Å². The van der Waals surface area contributed by atoms with Crippen molar-refractivity contribution in [3.8, 4) is 0 Å². The van der Waals surface area contributed by atoms with Gasteiger partial charge in [0, 0.05) is 37.9 Å². The minimum atomic E-state index is -0.568. The standard InChI is InChI=1S/C18H17Cl3N4O3/c1-10-6-13(20)14(21)8-15(10)23-18(26)11-7-17(25(27)28)16(9-12(11)19)24-4-2-22-3-5-24/h6-9,22H,2-5H2,1H3,(H,23,26). The summed E-state index contributed by atoms with van der Waals surface area (Å²) < 4.78 is 0. The molecule has 148 valence electrons. The van der Waals surface area contributed by atoms with Gasteiger partial charge in [-0.05, 0) is 30.7 Å². The van der Waals surface area contributed by atoms with Crippen LogP contribution in [0.3, 0.4) is 0 Å². The van der Waals surface area contributed by atoms with E-state index in [-0.39, 0.29) is 21.3 Å². The number of anilines is 2. The van der Waals surface area contributed by atoms with E-state index in [0.717, 1.165) is 0 Å².